The predicted molar refractivity (Wildman–Crippen MR) is 169 cm³/mol. The molecule has 0 bridgehead atoms. The van der Waals surface area contributed by atoms with Gasteiger partial charge < -0.3 is 9.64 Å². The van der Waals surface area contributed by atoms with E-state index in [0.717, 1.165) is 48.4 Å². The van der Waals surface area contributed by atoms with Gasteiger partial charge in [0.1, 0.15) is 0 Å². The first-order chi connectivity index (χ1) is 20.5. The Balaban J connectivity index is 1.14. The summed E-state index contributed by atoms with van der Waals surface area (Å²) in [6.45, 7) is 6.05. The van der Waals surface area contributed by atoms with E-state index in [-0.39, 0.29) is 29.5 Å². The quantitative estimate of drug-likeness (QED) is 0.193. The van der Waals surface area contributed by atoms with Gasteiger partial charge in [0.15, 0.2) is 0 Å². The first-order valence-corrected chi connectivity index (χ1v) is 14.9. The summed E-state index contributed by atoms with van der Waals surface area (Å²) in [6, 6.07) is 32.8. The summed E-state index contributed by atoms with van der Waals surface area (Å²) in [5, 5.41) is 2.36. The van der Waals surface area contributed by atoms with Gasteiger partial charge in [-0.1, -0.05) is 66.7 Å². The number of nitrogens with zero attached hydrogens (tertiary/aromatic N) is 3. The van der Waals surface area contributed by atoms with Gasteiger partial charge in [0.25, 0.3) is 0 Å². The van der Waals surface area contributed by atoms with Crippen molar-refractivity contribution in [1.82, 2.24) is 9.13 Å². The second-order valence-electron chi connectivity index (χ2n) is 11.1. The second kappa shape index (κ2) is 12.1. The molecule has 1 unspecified atom stereocenters. The first kappa shape index (κ1) is 27.6. The highest BCUT2D eigenvalue weighted by molar-refractivity contribution is 5.83. The first-order valence-electron chi connectivity index (χ1n) is 14.9. The van der Waals surface area contributed by atoms with Crippen LogP contribution in [0, 0.1) is 5.92 Å². The van der Waals surface area contributed by atoms with Gasteiger partial charge in [-0.25, -0.2) is 4.79 Å². The van der Waals surface area contributed by atoms with Crippen molar-refractivity contribution < 1.29 is 9.53 Å². The molecule has 1 aliphatic heterocycles. The summed E-state index contributed by atoms with van der Waals surface area (Å²) in [7, 11) is 0. The van der Waals surface area contributed by atoms with Crippen LogP contribution in [0.3, 0.4) is 0 Å². The number of aromatic nitrogens is 2. The Morgan fingerprint density at radius 2 is 1.48 bits per heavy atom. The summed E-state index contributed by atoms with van der Waals surface area (Å²) >= 11 is 0. The van der Waals surface area contributed by atoms with Crippen LogP contribution in [0.15, 0.2) is 114 Å². The average molecular weight is 560 g/mol. The lowest BCUT2D eigenvalue weighted by Crippen LogP contribution is -2.37. The van der Waals surface area contributed by atoms with E-state index in [2.05, 4.69) is 54.3 Å². The Morgan fingerprint density at radius 1 is 0.810 bits per heavy atom. The summed E-state index contributed by atoms with van der Waals surface area (Å²) in [5.74, 6) is -0.118. The number of hydrogen-bond donors (Lipinski definition) is 0. The van der Waals surface area contributed by atoms with Crippen molar-refractivity contribution in [2.24, 2.45) is 5.92 Å². The molecule has 0 aliphatic carbocycles. The van der Waals surface area contributed by atoms with E-state index in [1.54, 1.807) is 9.13 Å². The molecular formula is C36H37N3O3. The summed E-state index contributed by atoms with van der Waals surface area (Å²) in [6.07, 6.45) is 5.54. The second-order valence-corrected chi connectivity index (χ2v) is 11.1. The largest absolute Gasteiger partial charge is 0.466 e. The molecule has 42 heavy (non-hydrogen) atoms. The summed E-state index contributed by atoms with van der Waals surface area (Å²) in [4.78, 5) is 28.7. The fourth-order valence-corrected chi connectivity index (χ4v) is 6.32. The number of hydrogen-bond acceptors (Lipinski definition) is 4. The Morgan fingerprint density at radius 3 is 2.19 bits per heavy atom. The van der Waals surface area contributed by atoms with Crippen molar-refractivity contribution in [3.63, 3.8) is 0 Å². The maximum atomic E-state index is 13.4. The van der Waals surface area contributed by atoms with Crippen LogP contribution < -0.4 is 10.6 Å². The van der Waals surface area contributed by atoms with E-state index in [1.807, 2.05) is 73.9 Å². The molecule has 6 rings (SSSR count). The molecule has 0 saturated carbocycles. The zero-order valence-corrected chi connectivity index (χ0v) is 24.2. The minimum atomic E-state index is -0.233. The number of fused-ring (bicyclic) bond motifs is 1. The van der Waals surface area contributed by atoms with Crippen LogP contribution in [0.2, 0.25) is 0 Å². The van der Waals surface area contributed by atoms with E-state index < -0.39 is 0 Å². The molecule has 6 nitrogen and oxygen atoms in total. The van der Waals surface area contributed by atoms with Crippen LogP contribution in [0.1, 0.15) is 49.8 Å². The summed E-state index contributed by atoms with van der Waals surface area (Å²) in [5.41, 5.74) is 4.04. The molecule has 0 amide bonds. The van der Waals surface area contributed by atoms with Crippen molar-refractivity contribution in [1.29, 1.82) is 0 Å². The van der Waals surface area contributed by atoms with Gasteiger partial charge >= 0.3 is 11.7 Å². The zero-order chi connectivity index (χ0) is 29.1. The van der Waals surface area contributed by atoms with Crippen LogP contribution in [-0.4, -0.2) is 34.8 Å². The minimum absolute atomic E-state index is 0.0601. The van der Waals surface area contributed by atoms with E-state index in [9.17, 15) is 9.59 Å². The van der Waals surface area contributed by atoms with Crippen molar-refractivity contribution in [2.45, 2.75) is 38.6 Å². The van der Waals surface area contributed by atoms with Gasteiger partial charge in [-0.2, -0.15) is 0 Å². The van der Waals surface area contributed by atoms with Crippen LogP contribution in [-0.2, 0) is 9.53 Å². The normalized spacial score (nSPS) is 15.4. The van der Waals surface area contributed by atoms with Gasteiger partial charge in [0, 0.05) is 31.2 Å². The molecule has 4 aromatic carbocycles. The van der Waals surface area contributed by atoms with Crippen LogP contribution in [0.25, 0.3) is 16.5 Å². The van der Waals surface area contributed by atoms with Gasteiger partial charge in [-0.15, -0.1) is 0 Å². The molecule has 1 saturated heterocycles. The van der Waals surface area contributed by atoms with Gasteiger partial charge in [0.2, 0.25) is 0 Å². The van der Waals surface area contributed by atoms with Crippen molar-refractivity contribution in [3.05, 3.63) is 131 Å². The van der Waals surface area contributed by atoms with Crippen molar-refractivity contribution in [2.75, 3.05) is 24.6 Å². The van der Waals surface area contributed by atoms with Gasteiger partial charge in [-0.05, 0) is 84.8 Å². The minimum Gasteiger partial charge on any atom is -0.466 e. The molecule has 0 radical (unpaired) electrons. The third kappa shape index (κ3) is 5.49. The third-order valence-electron chi connectivity index (χ3n) is 8.68. The predicted octanol–water partition coefficient (Wildman–Crippen LogP) is 6.96. The molecule has 5 aromatic rings. The number of rotatable bonds is 8. The average Bonchev–Trinajstić information content (AvgIpc) is 3.42. The Hall–Kier alpha value is -4.58. The van der Waals surface area contributed by atoms with E-state index in [1.165, 1.54) is 10.8 Å². The maximum Gasteiger partial charge on any atom is 0.333 e. The van der Waals surface area contributed by atoms with Crippen molar-refractivity contribution >= 4 is 22.4 Å². The molecule has 214 valence electrons. The highest BCUT2D eigenvalue weighted by Crippen LogP contribution is 2.35. The number of imidazole rings is 1. The van der Waals surface area contributed by atoms with Gasteiger partial charge in [-0.3, -0.25) is 13.9 Å². The number of carbonyl (C=O) groups is 1. The lowest BCUT2D eigenvalue weighted by atomic mass is 9.80. The smallest absolute Gasteiger partial charge is 0.333 e. The number of piperidine rings is 1. The number of benzene rings is 4. The van der Waals surface area contributed by atoms with Crippen molar-refractivity contribution in [3.8, 4) is 5.69 Å². The molecule has 1 aromatic heterocycles. The van der Waals surface area contributed by atoms with Crippen LogP contribution in [0.5, 0.6) is 0 Å². The molecule has 0 spiro atoms. The Labute approximate surface area is 246 Å². The van der Waals surface area contributed by atoms with Crippen LogP contribution in [0.4, 0.5) is 5.69 Å². The number of anilines is 1. The van der Waals surface area contributed by atoms with E-state index in [4.69, 9.17) is 4.74 Å². The molecular weight excluding hydrogens is 522 g/mol. The number of carbonyl (C=O) groups excluding carboxylic acids is 1. The topological polar surface area (TPSA) is 56.5 Å². The Kier molecular flexibility index (Phi) is 7.95. The monoisotopic (exact) mass is 559 g/mol. The SMILES string of the molecule is CCOC(=O)C(c1ccccc1)C1CCN(c2ccc(-n3ccn([C@H](C)c4ccc5ccccc5c4)c3=O)cc2)CC1. The zero-order valence-electron chi connectivity index (χ0n) is 24.2. The van der Waals surface area contributed by atoms with E-state index in [0.29, 0.717) is 6.61 Å². The van der Waals surface area contributed by atoms with Crippen LogP contribution >= 0.6 is 0 Å². The maximum absolute atomic E-state index is 13.4. The lowest BCUT2D eigenvalue weighted by Gasteiger charge is -2.36. The standard InChI is InChI=1S/C36H37N3O3/c1-3-42-35(40)34(28-10-5-4-6-11-28)29-19-21-37(22-20-29)32-15-17-33(18-16-32)39-24-23-38(36(39)41)26(2)30-14-13-27-9-7-8-12-31(27)25-30/h4-18,23-26,29,34H,3,19-22H2,1-2H3/t26-,34?/m1/s1. The Bertz CT molecular complexity index is 1710. The van der Waals surface area contributed by atoms with Gasteiger partial charge in [0.05, 0.1) is 24.3 Å². The third-order valence-corrected chi connectivity index (χ3v) is 8.68. The molecule has 6 heteroatoms. The highest BCUT2D eigenvalue weighted by Gasteiger charge is 2.33. The number of esters is 1. The molecule has 0 N–H and O–H groups in total. The molecule has 1 fully saturated rings. The fourth-order valence-electron chi connectivity index (χ4n) is 6.32. The van der Waals surface area contributed by atoms with E-state index >= 15 is 0 Å². The molecule has 2 heterocycles. The summed E-state index contributed by atoms with van der Waals surface area (Å²) < 4.78 is 8.96. The lowest BCUT2D eigenvalue weighted by molar-refractivity contribution is -0.146. The molecule has 2 atom stereocenters. The molecule has 1 aliphatic rings. The fraction of sp³-hybridized carbons (Fsp3) is 0.278. The highest BCUT2D eigenvalue weighted by atomic mass is 16.5. The number of ether oxygens (including phenoxy) is 1.